The van der Waals surface area contributed by atoms with Crippen LogP contribution in [-0.2, 0) is 11.3 Å². The number of carboxylic acids is 1. The zero-order chi connectivity index (χ0) is 17.1. The molecule has 0 spiro atoms. The lowest BCUT2D eigenvalue weighted by molar-refractivity contribution is -0.121. The summed E-state index contributed by atoms with van der Waals surface area (Å²) in [5.41, 5.74) is -0.551. The molecule has 0 saturated heterocycles. The molecule has 0 aliphatic heterocycles. The van der Waals surface area contributed by atoms with Gasteiger partial charge in [-0.3, -0.25) is 14.2 Å². The molecule has 7 nitrogen and oxygen atoms in total. The minimum atomic E-state index is -1.17. The van der Waals surface area contributed by atoms with Crippen molar-refractivity contribution in [1.29, 1.82) is 0 Å². The van der Waals surface area contributed by atoms with E-state index in [0.717, 1.165) is 17.8 Å². The van der Waals surface area contributed by atoms with Gasteiger partial charge in [0.2, 0.25) is 5.91 Å². The molecule has 0 unspecified atom stereocenters. The number of amides is 1. The Kier molecular flexibility index (Phi) is 5.15. The number of thiophene rings is 1. The van der Waals surface area contributed by atoms with E-state index in [9.17, 15) is 19.5 Å². The fourth-order valence-corrected chi connectivity index (χ4v) is 3.16. The number of aromatic nitrogens is 2. The first kappa shape index (κ1) is 17.1. The Hall–Kier alpha value is -2.22. The van der Waals surface area contributed by atoms with Crippen LogP contribution in [0.2, 0.25) is 0 Å². The lowest BCUT2D eigenvalue weighted by Crippen LogP contribution is -2.35. The summed E-state index contributed by atoms with van der Waals surface area (Å²) in [7, 11) is 0. The van der Waals surface area contributed by atoms with Gasteiger partial charge in [-0.1, -0.05) is 20.8 Å². The number of nitrogens with zero attached hydrogens (tertiary/aromatic N) is 2. The first-order chi connectivity index (χ1) is 10.9. The fourth-order valence-electron chi connectivity index (χ4n) is 2.25. The molecule has 0 aliphatic rings. The van der Waals surface area contributed by atoms with E-state index in [4.69, 9.17) is 0 Å². The Bertz CT molecular complexity index is 807. The van der Waals surface area contributed by atoms with E-state index in [1.807, 2.05) is 20.8 Å². The Morgan fingerprint density at radius 2 is 2.13 bits per heavy atom. The van der Waals surface area contributed by atoms with Crippen LogP contribution in [-0.4, -0.2) is 33.1 Å². The number of hydrogen-bond donors (Lipinski definition) is 2. The van der Waals surface area contributed by atoms with Crippen LogP contribution < -0.4 is 10.9 Å². The molecule has 0 aliphatic carbocycles. The van der Waals surface area contributed by atoms with Gasteiger partial charge in [-0.25, -0.2) is 9.78 Å². The monoisotopic (exact) mass is 337 g/mol. The van der Waals surface area contributed by atoms with E-state index in [-0.39, 0.29) is 29.3 Å². The molecule has 2 aromatic rings. The van der Waals surface area contributed by atoms with Gasteiger partial charge in [-0.05, 0) is 6.42 Å². The maximum atomic E-state index is 12.7. The van der Waals surface area contributed by atoms with Gasteiger partial charge in [0.1, 0.15) is 17.2 Å². The van der Waals surface area contributed by atoms with Gasteiger partial charge in [-0.15, -0.1) is 11.3 Å². The summed E-state index contributed by atoms with van der Waals surface area (Å²) >= 11 is 1.12. The van der Waals surface area contributed by atoms with E-state index in [2.05, 4.69) is 10.3 Å². The quantitative estimate of drug-likeness (QED) is 0.837. The van der Waals surface area contributed by atoms with E-state index in [1.54, 1.807) is 0 Å². The summed E-state index contributed by atoms with van der Waals surface area (Å²) in [5, 5.41) is 13.4. The second-order valence-electron chi connectivity index (χ2n) is 5.50. The van der Waals surface area contributed by atoms with Crippen LogP contribution in [0.5, 0.6) is 0 Å². The van der Waals surface area contributed by atoms with Crippen LogP contribution in [0, 0.1) is 0 Å². The molecule has 0 fully saturated rings. The Morgan fingerprint density at radius 3 is 2.70 bits per heavy atom. The highest BCUT2D eigenvalue weighted by Crippen LogP contribution is 2.23. The van der Waals surface area contributed by atoms with Crippen molar-refractivity contribution in [3.05, 3.63) is 27.1 Å². The number of nitrogens with one attached hydrogen (secondary N) is 1. The summed E-state index contributed by atoms with van der Waals surface area (Å²) in [6.45, 7) is 6.05. The standard InChI is InChI=1S/C15H19N3O4S/c1-4-5-16-10(19)6-18-12(8(2)3)17-13-11(14(18)20)9(7-23-13)15(21)22/h7-8H,4-6H2,1-3H3,(H,16,19)(H,21,22). The van der Waals surface area contributed by atoms with Crippen LogP contribution >= 0.6 is 11.3 Å². The second-order valence-corrected chi connectivity index (χ2v) is 6.36. The normalized spacial score (nSPS) is 11.1. The van der Waals surface area contributed by atoms with E-state index >= 15 is 0 Å². The largest absolute Gasteiger partial charge is 0.478 e. The molecule has 23 heavy (non-hydrogen) atoms. The van der Waals surface area contributed by atoms with Crippen molar-refractivity contribution in [3.63, 3.8) is 0 Å². The van der Waals surface area contributed by atoms with Gasteiger partial charge in [0.05, 0.1) is 10.9 Å². The van der Waals surface area contributed by atoms with Crippen LogP contribution in [0.25, 0.3) is 10.2 Å². The Balaban J connectivity index is 2.60. The van der Waals surface area contributed by atoms with Gasteiger partial charge in [0.25, 0.3) is 5.56 Å². The molecule has 0 aromatic carbocycles. The predicted octanol–water partition coefficient (Wildman–Crippen LogP) is 1.81. The Morgan fingerprint density at radius 1 is 1.43 bits per heavy atom. The van der Waals surface area contributed by atoms with Crippen molar-refractivity contribution >= 4 is 33.4 Å². The molecular formula is C15H19N3O4S. The van der Waals surface area contributed by atoms with E-state index in [0.29, 0.717) is 17.2 Å². The third-order valence-corrected chi connectivity index (χ3v) is 4.22. The topological polar surface area (TPSA) is 101 Å². The molecule has 8 heteroatoms. The van der Waals surface area contributed by atoms with Crippen molar-refractivity contribution < 1.29 is 14.7 Å². The number of carbonyl (C=O) groups excluding carboxylic acids is 1. The summed E-state index contributed by atoms with van der Waals surface area (Å²) in [5.74, 6) is -1.05. The molecule has 1 amide bonds. The first-order valence-corrected chi connectivity index (χ1v) is 8.26. The summed E-state index contributed by atoms with van der Waals surface area (Å²) in [4.78, 5) is 40.8. The van der Waals surface area contributed by atoms with E-state index < -0.39 is 11.5 Å². The van der Waals surface area contributed by atoms with Gasteiger partial charge >= 0.3 is 5.97 Å². The minimum absolute atomic E-state index is 0.0650. The summed E-state index contributed by atoms with van der Waals surface area (Å²) < 4.78 is 1.27. The third kappa shape index (κ3) is 3.42. The SMILES string of the molecule is CCCNC(=O)Cn1c(C(C)C)nc2scc(C(=O)O)c2c1=O. The van der Waals surface area contributed by atoms with Crippen molar-refractivity contribution in [2.45, 2.75) is 39.7 Å². The van der Waals surface area contributed by atoms with E-state index in [1.165, 1.54) is 9.95 Å². The number of carboxylic acid groups (broad SMARTS) is 1. The lowest BCUT2D eigenvalue weighted by atomic mass is 10.2. The number of fused-ring (bicyclic) bond motifs is 1. The maximum absolute atomic E-state index is 12.7. The average Bonchev–Trinajstić information content (AvgIpc) is 2.91. The van der Waals surface area contributed by atoms with Gasteiger partial charge in [0, 0.05) is 17.8 Å². The molecule has 124 valence electrons. The summed E-state index contributed by atoms with van der Waals surface area (Å²) in [6, 6.07) is 0. The van der Waals surface area contributed by atoms with Gasteiger partial charge in [0.15, 0.2) is 0 Å². The minimum Gasteiger partial charge on any atom is -0.478 e. The van der Waals surface area contributed by atoms with Crippen LogP contribution in [0.3, 0.4) is 0 Å². The van der Waals surface area contributed by atoms with Crippen molar-refractivity contribution in [2.75, 3.05) is 6.54 Å². The molecule has 2 rings (SSSR count). The molecular weight excluding hydrogens is 318 g/mol. The van der Waals surface area contributed by atoms with Crippen LogP contribution in [0.4, 0.5) is 0 Å². The second kappa shape index (κ2) is 6.91. The van der Waals surface area contributed by atoms with Crippen LogP contribution in [0.1, 0.15) is 49.3 Å². The fraction of sp³-hybridized carbons (Fsp3) is 0.467. The number of hydrogen-bond acceptors (Lipinski definition) is 5. The molecule has 0 atom stereocenters. The third-order valence-electron chi connectivity index (χ3n) is 3.34. The first-order valence-electron chi connectivity index (χ1n) is 7.38. The van der Waals surface area contributed by atoms with Crippen molar-refractivity contribution in [3.8, 4) is 0 Å². The highest BCUT2D eigenvalue weighted by Gasteiger charge is 2.21. The molecule has 0 radical (unpaired) electrons. The highest BCUT2D eigenvalue weighted by atomic mass is 32.1. The molecule has 2 heterocycles. The smallest absolute Gasteiger partial charge is 0.337 e. The van der Waals surface area contributed by atoms with Gasteiger partial charge < -0.3 is 10.4 Å². The number of rotatable bonds is 6. The summed E-state index contributed by atoms with van der Waals surface area (Å²) in [6.07, 6.45) is 0.794. The molecule has 0 bridgehead atoms. The maximum Gasteiger partial charge on any atom is 0.337 e. The molecule has 2 N–H and O–H groups in total. The lowest BCUT2D eigenvalue weighted by Gasteiger charge is -2.14. The van der Waals surface area contributed by atoms with Crippen molar-refractivity contribution in [1.82, 2.24) is 14.9 Å². The number of carbonyl (C=O) groups is 2. The predicted molar refractivity (Wildman–Crippen MR) is 88.2 cm³/mol. The van der Waals surface area contributed by atoms with Gasteiger partial charge in [-0.2, -0.15) is 0 Å². The van der Waals surface area contributed by atoms with Crippen LogP contribution in [0.15, 0.2) is 10.2 Å². The zero-order valence-corrected chi connectivity index (χ0v) is 14.1. The molecule has 2 aromatic heterocycles. The average molecular weight is 337 g/mol. The zero-order valence-electron chi connectivity index (χ0n) is 13.3. The Labute approximate surface area is 137 Å². The number of aromatic carboxylic acids is 1. The van der Waals surface area contributed by atoms with Crippen molar-refractivity contribution in [2.24, 2.45) is 0 Å². The molecule has 0 saturated carbocycles. The highest BCUT2D eigenvalue weighted by molar-refractivity contribution is 7.17.